The molecule has 5 atom stereocenters. The molecule has 1 aromatic rings. The Labute approximate surface area is 175 Å². The quantitative estimate of drug-likeness (QED) is 0.435. The third-order valence-corrected chi connectivity index (χ3v) is 6.04. The van der Waals surface area contributed by atoms with Crippen molar-refractivity contribution in [1.29, 1.82) is 0 Å². The van der Waals surface area contributed by atoms with Gasteiger partial charge in [0.05, 0.1) is 18.8 Å². The van der Waals surface area contributed by atoms with Crippen LogP contribution in [-0.2, 0) is 0 Å². The largest absolute Gasteiger partial charge is 0.490 e. The van der Waals surface area contributed by atoms with Crippen LogP contribution < -0.4 is 9.47 Å². The van der Waals surface area contributed by atoms with E-state index in [1.54, 1.807) is 0 Å². The monoisotopic (exact) mass is 403 g/mol. The number of para-hydroxylation sites is 1. The van der Waals surface area contributed by atoms with Gasteiger partial charge >= 0.3 is 0 Å². The first-order valence-electron chi connectivity index (χ1n) is 11.1. The van der Waals surface area contributed by atoms with Gasteiger partial charge in [-0.3, -0.25) is 0 Å². The van der Waals surface area contributed by atoms with E-state index in [2.05, 4.69) is 32.0 Å². The van der Waals surface area contributed by atoms with Gasteiger partial charge in [-0.2, -0.15) is 0 Å². The van der Waals surface area contributed by atoms with Gasteiger partial charge in [0, 0.05) is 30.4 Å². The minimum absolute atomic E-state index is 0.0293. The fourth-order valence-corrected chi connectivity index (χ4v) is 4.51. The lowest BCUT2D eigenvalue weighted by Crippen LogP contribution is -2.17. The highest BCUT2D eigenvalue weighted by molar-refractivity contribution is 5.53. The second-order valence-corrected chi connectivity index (χ2v) is 8.69. The summed E-state index contributed by atoms with van der Waals surface area (Å²) in [5, 5.41) is 20.8. The molecule has 1 fully saturated rings. The Kier molecular flexibility index (Phi) is 7.99. The predicted octanol–water partition coefficient (Wildman–Crippen LogP) is 3.74. The van der Waals surface area contributed by atoms with Crippen LogP contribution in [-0.4, -0.2) is 60.7 Å². The van der Waals surface area contributed by atoms with Gasteiger partial charge in [-0.1, -0.05) is 50.5 Å². The molecular weight excluding hydrogens is 366 g/mol. The van der Waals surface area contributed by atoms with E-state index in [0.29, 0.717) is 13.0 Å². The summed E-state index contributed by atoms with van der Waals surface area (Å²) in [6.07, 6.45) is 8.63. The number of rotatable bonds is 11. The van der Waals surface area contributed by atoms with Crippen molar-refractivity contribution in [3.05, 3.63) is 35.9 Å². The zero-order chi connectivity index (χ0) is 20.8. The van der Waals surface area contributed by atoms with E-state index in [9.17, 15) is 10.2 Å². The molecule has 29 heavy (non-hydrogen) atoms. The predicted molar refractivity (Wildman–Crippen MR) is 116 cm³/mol. The SMILES string of the molecule is CCCCC[C@H](O)C=C[C@@H]1[C@H]2c3cccc(OCCCN(C)C)c3O[C@H]2C[C@H]1O. The van der Waals surface area contributed by atoms with Crippen molar-refractivity contribution in [3.8, 4) is 11.5 Å². The van der Waals surface area contributed by atoms with Gasteiger partial charge < -0.3 is 24.6 Å². The van der Waals surface area contributed by atoms with E-state index in [4.69, 9.17) is 9.47 Å². The van der Waals surface area contributed by atoms with Gasteiger partial charge in [-0.15, -0.1) is 0 Å². The molecule has 0 aromatic heterocycles. The maximum absolute atomic E-state index is 10.6. The molecule has 2 aliphatic rings. The molecule has 0 radical (unpaired) electrons. The first-order valence-corrected chi connectivity index (χ1v) is 11.1. The molecular formula is C24H37NO4. The molecule has 5 heteroatoms. The molecule has 0 amide bonds. The van der Waals surface area contributed by atoms with Crippen molar-refractivity contribution in [2.45, 2.75) is 69.7 Å². The molecule has 1 aliphatic carbocycles. The number of nitrogens with zero attached hydrogens (tertiary/aromatic N) is 1. The Bertz CT molecular complexity index is 675. The average Bonchev–Trinajstić information content (AvgIpc) is 3.19. The van der Waals surface area contributed by atoms with Crippen molar-refractivity contribution in [3.63, 3.8) is 0 Å². The summed E-state index contributed by atoms with van der Waals surface area (Å²) >= 11 is 0. The van der Waals surface area contributed by atoms with Gasteiger partial charge in [-0.25, -0.2) is 0 Å². The third-order valence-electron chi connectivity index (χ3n) is 6.04. The van der Waals surface area contributed by atoms with Crippen LogP contribution in [0.1, 0.15) is 56.9 Å². The van der Waals surface area contributed by atoms with Crippen LogP contribution in [0.4, 0.5) is 0 Å². The number of aliphatic hydroxyl groups is 2. The first kappa shape index (κ1) is 22.1. The number of fused-ring (bicyclic) bond motifs is 3. The second kappa shape index (κ2) is 10.5. The first-order chi connectivity index (χ1) is 14.0. The summed E-state index contributed by atoms with van der Waals surface area (Å²) in [5.74, 6) is 1.71. The second-order valence-electron chi connectivity index (χ2n) is 8.69. The Balaban J connectivity index is 1.66. The number of hydrogen-bond acceptors (Lipinski definition) is 5. The van der Waals surface area contributed by atoms with Crippen LogP contribution in [0.2, 0.25) is 0 Å². The highest BCUT2D eigenvalue weighted by Crippen LogP contribution is 2.53. The van der Waals surface area contributed by atoms with Gasteiger partial charge in [0.25, 0.3) is 0 Å². The topological polar surface area (TPSA) is 62.2 Å². The van der Waals surface area contributed by atoms with E-state index < -0.39 is 12.2 Å². The summed E-state index contributed by atoms with van der Waals surface area (Å²) in [6.45, 7) is 3.80. The lowest BCUT2D eigenvalue weighted by Gasteiger charge is -2.18. The molecule has 2 N–H and O–H groups in total. The summed E-state index contributed by atoms with van der Waals surface area (Å²) in [6, 6.07) is 6.06. The van der Waals surface area contributed by atoms with Crippen molar-refractivity contribution >= 4 is 0 Å². The van der Waals surface area contributed by atoms with Gasteiger partial charge in [-0.05, 0) is 33.0 Å². The summed E-state index contributed by atoms with van der Waals surface area (Å²) in [4.78, 5) is 2.15. The molecule has 1 aromatic carbocycles. The Morgan fingerprint density at radius 2 is 2.10 bits per heavy atom. The van der Waals surface area contributed by atoms with Crippen molar-refractivity contribution in [2.75, 3.05) is 27.2 Å². The van der Waals surface area contributed by atoms with Crippen molar-refractivity contribution in [2.24, 2.45) is 5.92 Å². The zero-order valence-corrected chi connectivity index (χ0v) is 18.1. The van der Waals surface area contributed by atoms with E-state index in [1.165, 1.54) is 0 Å². The number of ether oxygens (including phenoxy) is 2. The smallest absolute Gasteiger partial charge is 0.165 e. The fourth-order valence-electron chi connectivity index (χ4n) is 4.51. The van der Waals surface area contributed by atoms with E-state index in [0.717, 1.165) is 55.7 Å². The highest BCUT2D eigenvalue weighted by atomic mass is 16.5. The molecule has 3 rings (SSSR count). The highest BCUT2D eigenvalue weighted by Gasteiger charge is 2.49. The lowest BCUT2D eigenvalue weighted by atomic mass is 9.87. The molecule has 0 spiro atoms. The standard InChI is InChI=1S/C24H37NO4/c1-4-5-6-9-17(26)12-13-18-20(27)16-22-23(18)19-10-7-11-21(24(19)29-22)28-15-8-14-25(2)3/h7,10-13,17-18,20,22-23,26-27H,4-6,8-9,14-16H2,1-3H3/t17-,18-,20+,22-,23-/m0/s1. The van der Waals surface area contributed by atoms with Gasteiger partial charge in [0.2, 0.25) is 0 Å². The molecule has 1 heterocycles. The summed E-state index contributed by atoms with van der Waals surface area (Å²) in [7, 11) is 4.12. The van der Waals surface area contributed by atoms with Crippen LogP contribution in [0.3, 0.4) is 0 Å². The molecule has 0 unspecified atom stereocenters. The van der Waals surface area contributed by atoms with Crippen LogP contribution in [0.15, 0.2) is 30.4 Å². The zero-order valence-electron chi connectivity index (χ0n) is 18.1. The summed E-state index contributed by atoms with van der Waals surface area (Å²) < 4.78 is 12.2. The van der Waals surface area contributed by atoms with E-state index in [-0.39, 0.29) is 17.9 Å². The molecule has 1 aliphatic heterocycles. The van der Waals surface area contributed by atoms with Crippen LogP contribution in [0.25, 0.3) is 0 Å². The minimum Gasteiger partial charge on any atom is -0.490 e. The molecule has 162 valence electrons. The Morgan fingerprint density at radius 3 is 2.86 bits per heavy atom. The number of benzene rings is 1. The van der Waals surface area contributed by atoms with E-state index in [1.807, 2.05) is 24.3 Å². The van der Waals surface area contributed by atoms with Gasteiger partial charge in [0.1, 0.15) is 6.10 Å². The summed E-state index contributed by atoms with van der Waals surface area (Å²) in [5.41, 5.74) is 1.12. The minimum atomic E-state index is -0.444. The third kappa shape index (κ3) is 5.53. The lowest BCUT2D eigenvalue weighted by molar-refractivity contribution is 0.134. The normalized spacial score (nSPS) is 26.6. The van der Waals surface area contributed by atoms with E-state index >= 15 is 0 Å². The maximum Gasteiger partial charge on any atom is 0.165 e. The number of hydrogen-bond donors (Lipinski definition) is 2. The molecule has 0 saturated heterocycles. The molecule has 5 nitrogen and oxygen atoms in total. The number of unbranched alkanes of at least 4 members (excludes halogenated alkanes) is 2. The fraction of sp³-hybridized carbons (Fsp3) is 0.667. The van der Waals surface area contributed by atoms with Crippen molar-refractivity contribution < 1.29 is 19.7 Å². The molecule has 0 bridgehead atoms. The van der Waals surface area contributed by atoms with Crippen LogP contribution in [0.5, 0.6) is 11.5 Å². The van der Waals surface area contributed by atoms with Gasteiger partial charge in [0.15, 0.2) is 11.5 Å². The van der Waals surface area contributed by atoms with Crippen molar-refractivity contribution in [1.82, 2.24) is 4.90 Å². The Morgan fingerprint density at radius 1 is 1.28 bits per heavy atom. The maximum atomic E-state index is 10.6. The van der Waals surface area contributed by atoms with Crippen LogP contribution in [0, 0.1) is 5.92 Å². The van der Waals surface area contributed by atoms with Crippen LogP contribution >= 0.6 is 0 Å². The average molecular weight is 404 g/mol. The molecule has 1 saturated carbocycles. The number of aliphatic hydroxyl groups excluding tert-OH is 2. The Hall–Kier alpha value is -1.56.